The molecule has 2 aromatic heterocycles. The third-order valence-corrected chi connectivity index (χ3v) is 4.62. The summed E-state index contributed by atoms with van der Waals surface area (Å²) in [7, 11) is 0. The van der Waals surface area contributed by atoms with Gasteiger partial charge in [0, 0.05) is 11.8 Å². The highest BCUT2D eigenvalue weighted by atomic mass is 15.2. The second kappa shape index (κ2) is 6.56. The molecule has 0 saturated carbocycles. The summed E-state index contributed by atoms with van der Waals surface area (Å²) in [5.41, 5.74) is 7.11. The van der Waals surface area contributed by atoms with Crippen molar-refractivity contribution in [3.8, 4) is 11.3 Å². The summed E-state index contributed by atoms with van der Waals surface area (Å²) in [6, 6.07) is 20.3. The van der Waals surface area contributed by atoms with Crippen molar-refractivity contribution in [3.63, 3.8) is 0 Å². The molecule has 0 spiro atoms. The van der Waals surface area contributed by atoms with E-state index in [2.05, 4.69) is 43.1 Å². The van der Waals surface area contributed by atoms with Crippen LogP contribution in [0.4, 0.5) is 11.5 Å². The molecule has 0 aliphatic rings. The minimum absolute atomic E-state index is 0.746. The molecule has 2 aromatic carbocycles. The fourth-order valence-corrected chi connectivity index (χ4v) is 2.97. The third-order valence-electron chi connectivity index (χ3n) is 4.62. The van der Waals surface area contributed by atoms with Gasteiger partial charge < -0.3 is 0 Å². The van der Waals surface area contributed by atoms with Crippen LogP contribution in [0.25, 0.3) is 16.9 Å². The van der Waals surface area contributed by atoms with Gasteiger partial charge in [0.25, 0.3) is 0 Å². The van der Waals surface area contributed by atoms with Gasteiger partial charge in [0.15, 0.2) is 5.82 Å². The van der Waals surface area contributed by atoms with Crippen LogP contribution in [-0.4, -0.2) is 9.38 Å². The van der Waals surface area contributed by atoms with Crippen LogP contribution in [0.1, 0.15) is 16.7 Å². The van der Waals surface area contributed by atoms with E-state index in [0.717, 1.165) is 39.5 Å². The molecular weight excluding hydrogens is 320 g/mol. The molecule has 0 aliphatic carbocycles. The number of aryl methyl sites for hydroxylation is 2. The van der Waals surface area contributed by atoms with Crippen LogP contribution in [0.5, 0.6) is 0 Å². The lowest BCUT2D eigenvalue weighted by atomic mass is 10.1. The third kappa shape index (κ3) is 2.90. The molecule has 0 saturated heterocycles. The Morgan fingerprint density at radius 3 is 2.42 bits per heavy atom. The summed E-state index contributed by atoms with van der Waals surface area (Å²) in [5.74, 6) is 0.746. The zero-order chi connectivity index (χ0) is 18.1. The van der Waals surface area contributed by atoms with Gasteiger partial charge in [0.2, 0.25) is 0 Å². The summed E-state index contributed by atoms with van der Waals surface area (Å²) in [5, 5.41) is 9.15. The number of pyridine rings is 1. The predicted molar refractivity (Wildman–Crippen MR) is 105 cm³/mol. The van der Waals surface area contributed by atoms with Gasteiger partial charge in [0.1, 0.15) is 11.3 Å². The number of fused-ring (bicyclic) bond motifs is 1. The highest BCUT2D eigenvalue weighted by Crippen LogP contribution is 2.33. The zero-order valence-corrected chi connectivity index (χ0v) is 15.1. The van der Waals surface area contributed by atoms with Crippen LogP contribution < -0.4 is 0 Å². The van der Waals surface area contributed by atoms with E-state index in [9.17, 15) is 0 Å². The van der Waals surface area contributed by atoms with Crippen LogP contribution >= 0.6 is 0 Å². The Kier molecular flexibility index (Phi) is 4.09. The number of nitrogens with zero attached hydrogens (tertiary/aromatic N) is 4. The van der Waals surface area contributed by atoms with Gasteiger partial charge in [-0.25, -0.2) is 4.98 Å². The van der Waals surface area contributed by atoms with E-state index in [4.69, 9.17) is 4.98 Å². The molecule has 26 heavy (non-hydrogen) atoms. The van der Waals surface area contributed by atoms with Gasteiger partial charge in [-0.15, -0.1) is 10.2 Å². The molecule has 0 bridgehead atoms. The molecule has 128 valence electrons. The Labute approximate surface area is 152 Å². The van der Waals surface area contributed by atoms with Crippen LogP contribution in [0.2, 0.25) is 0 Å². The van der Waals surface area contributed by atoms with Crippen molar-refractivity contribution in [2.45, 2.75) is 20.8 Å². The number of rotatable bonds is 3. The molecule has 0 atom stereocenters. The summed E-state index contributed by atoms with van der Waals surface area (Å²) < 4.78 is 2.01. The van der Waals surface area contributed by atoms with Crippen molar-refractivity contribution < 1.29 is 0 Å². The van der Waals surface area contributed by atoms with E-state index in [1.165, 1.54) is 5.56 Å². The summed E-state index contributed by atoms with van der Waals surface area (Å²) >= 11 is 0. The van der Waals surface area contributed by atoms with Gasteiger partial charge in [-0.05, 0) is 49.6 Å². The Hall–Kier alpha value is -3.27. The second-order valence-electron chi connectivity index (χ2n) is 6.50. The normalized spacial score (nSPS) is 11.5. The molecule has 2 heterocycles. The van der Waals surface area contributed by atoms with Gasteiger partial charge in [-0.2, -0.15) is 0 Å². The molecule has 0 amide bonds. The minimum Gasteiger partial charge on any atom is -0.282 e. The Balaban J connectivity index is 1.91. The van der Waals surface area contributed by atoms with Crippen LogP contribution in [0.3, 0.4) is 0 Å². The van der Waals surface area contributed by atoms with E-state index in [-0.39, 0.29) is 0 Å². The maximum absolute atomic E-state index is 4.79. The average molecular weight is 340 g/mol. The fraction of sp³-hybridized carbons (Fsp3) is 0.136. The van der Waals surface area contributed by atoms with Crippen LogP contribution in [0, 0.1) is 20.8 Å². The number of aromatic nitrogens is 2. The van der Waals surface area contributed by atoms with Crippen molar-refractivity contribution >= 4 is 17.2 Å². The van der Waals surface area contributed by atoms with Crippen molar-refractivity contribution in [1.82, 2.24) is 9.38 Å². The van der Waals surface area contributed by atoms with Crippen molar-refractivity contribution in [3.05, 3.63) is 83.6 Å². The SMILES string of the molecule is Cc1ccc2nc(-c3ccccc3)c(N=Nc3cccc(C)c3C)n2c1. The summed E-state index contributed by atoms with van der Waals surface area (Å²) in [6.45, 7) is 6.22. The van der Waals surface area contributed by atoms with Gasteiger partial charge in [-0.3, -0.25) is 4.40 Å². The number of hydrogen-bond donors (Lipinski definition) is 0. The van der Waals surface area contributed by atoms with Crippen molar-refractivity contribution in [1.29, 1.82) is 0 Å². The number of hydrogen-bond acceptors (Lipinski definition) is 3. The van der Waals surface area contributed by atoms with Crippen LogP contribution in [-0.2, 0) is 0 Å². The molecule has 0 radical (unpaired) electrons. The molecular formula is C22H20N4. The fourth-order valence-electron chi connectivity index (χ4n) is 2.97. The predicted octanol–water partition coefficient (Wildman–Crippen LogP) is 6.34. The first-order chi connectivity index (χ1) is 12.6. The monoisotopic (exact) mass is 340 g/mol. The molecule has 4 aromatic rings. The standard InChI is InChI=1S/C22H20N4/c1-15-12-13-20-23-21(18-9-5-4-6-10-18)22(26(20)14-15)25-24-19-11-7-8-16(2)17(19)3/h4-14H,1-3H3. The van der Waals surface area contributed by atoms with Crippen LogP contribution in [0.15, 0.2) is 77.1 Å². The topological polar surface area (TPSA) is 42.0 Å². The summed E-state index contributed by atoms with van der Waals surface area (Å²) in [6.07, 6.45) is 2.05. The number of azo groups is 1. The molecule has 4 rings (SSSR count). The Morgan fingerprint density at radius 2 is 1.62 bits per heavy atom. The molecule has 0 N–H and O–H groups in total. The molecule has 0 unspecified atom stereocenters. The lowest BCUT2D eigenvalue weighted by molar-refractivity contribution is 1.09. The van der Waals surface area contributed by atoms with E-state index < -0.39 is 0 Å². The zero-order valence-electron chi connectivity index (χ0n) is 15.1. The first-order valence-electron chi connectivity index (χ1n) is 8.65. The average Bonchev–Trinajstić information content (AvgIpc) is 3.01. The van der Waals surface area contributed by atoms with Crippen molar-refractivity contribution in [2.24, 2.45) is 10.2 Å². The quantitative estimate of drug-likeness (QED) is 0.401. The lowest BCUT2D eigenvalue weighted by Crippen LogP contribution is -1.85. The Morgan fingerprint density at radius 1 is 0.808 bits per heavy atom. The second-order valence-corrected chi connectivity index (χ2v) is 6.50. The number of benzene rings is 2. The lowest BCUT2D eigenvalue weighted by Gasteiger charge is -2.03. The maximum atomic E-state index is 4.79. The molecule has 4 nitrogen and oxygen atoms in total. The van der Waals surface area contributed by atoms with Gasteiger partial charge >= 0.3 is 0 Å². The minimum atomic E-state index is 0.746. The largest absolute Gasteiger partial charge is 0.282 e. The first kappa shape index (κ1) is 16.2. The highest BCUT2D eigenvalue weighted by molar-refractivity contribution is 5.74. The Bertz CT molecular complexity index is 1110. The van der Waals surface area contributed by atoms with E-state index in [1.807, 2.05) is 59.1 Å². The van der Waals surface area contributed by atoms with E-state index in [0.29, 0.717) is 0 Å². The first-order valence-corrected chi connectivity index (χ1v) is 8.65. The van der Waals surface area contributed by atoms with E-state index >= 15 is 0 Å². The molecule has 0 fully saturated rings. The van der Waals surface area contributed by atoms with Crippen molar-refractivity contribution in [2.75, 3.05) is 0 Å². The molecule has 4 heteroatoms. The van der Waals surface area contributed by atoms with E-state index in [1.54, 1.807) is 0 Å². The smallest absolute Gasteiger partial charge is 0.187 e. The van der Waals surface area contributed by atoms with Gasteiger partial charge in [-0.1, -0.05) is 48.5 Å². The number of imidazole rings is 1. The molecule has 0 aliphatic heterocycles. The summed E-state index contributed by atoms with van der Waals surface area (Å²) in [4.78, 5) is 4.79. The maximum Gasteiger partial charge on any atom is 0.187 e. The highest BCUT2D eigenvalue weighted by Gasteiger charge is 2.14. The van der Waals surface area contributed by atoms with Gasteiger partial charge in [0.05, 0.1) is 5.69 Å².